The third kappa shape index (κ3) is 4.42. The highest BCUT2D eigenvalue weighted by Gasteiger charge is 2.28. The number of anilines is 1. The van der Waals surface area contributed by atoms with Gasteiger partial charge in [-0.3, -0.25) is 4.68 Å². The second kappa shape index (κ2) is 9.18. The maximum atomic E-state index is 6.15. The maximum Gasteiger partial charge on any atom is 0.178 e. The molecule has 8 heteroatoms. The topological polar surface area (TPSA) is 110 Å². The molecule has 0 bridgehead atoms. The quantitative estimate of drug-likeness (QED) is 0.364. The SMILES string of the molecule is Nc1cc(C(CCN[C@H]2CC[C@H](c3ccccc3)CC2)c2cnn(C3CC3)c2)c2nn[nH]c2n1. The Morgan fingerprint density at radius 1 is 1.09 bits per heavy atom. The minimum atomic E-state index is 0.138. The molecule has 1 unspecified atom stereocenters. The van der Waals surface area contributed by atoms with E-state index in [1.54, 1.807) is 0 Å². The number of nitrogen functional groups attached to an aromatic ring is 1. The number of hydrogen-bond acceptors (Lipinski definition) is 6. The van der Waals surface area contributed by atoms with Crippen LogP contribution >= 0.6 is 0 Å². The number of aromatic nitrogens is 6. The van der Waals surface area contributed by atoms with Gasteiger partial charge >= 0.3 is 0 Å². The average molecular weight is 457 g/mol. The lowest BCUT2D eigenvalue weighted by Gasteiger charge is -2.30. The highest BCUT2D eigenvalue weighted by molar-refractivity contribution is 5.77. The highest BCUT2D eigenvalue weighted by atomic mass is 15.3. The minimum absolute atomic E-state index is 0.138. The molecule has 1 aromatic carbocycles. The van der Waals surface area contributed by atoms with E-state index in [0.717, 1.165) is 24.0 Å². The number of H-pyrrole nitrogens is 1. The molecular weight excluding hydrogens is 424 g/mol. The maximum absolute atomic E-state index is 6.15. The molecule has 8 nitrogen and oxygen atoms in total. The van der Waals surface area contributed by atoms with Gasteiger partial charge < -0.3 is 11.1 Å². The molecule has 1 atom stereocenters. The van der Waals surface area contributed by atoms with E-state index in [1.807, 2.05) is 12.3 Å². The molecule has 34 heavy (non-hydrogen) atoms. The van der Waals surface area contributed by atoms with E-state index in [2.05, 4.69) is 72.0 Å². The summed E-state index contributed by atoms with van der Waals surface area (Å²) in [5.41, 5.74) is 11.3. The molecular formula is C26H32N8. The fourth-order valence-electron chi connectivity index (χ4n) is 5.51. The summed E-state index contributed by atoms with van der Waals surface area (Å²) in [4.78, 5) is 4.36. The first-order valence-electron chi connectivity index (χ1n) is 12.5. The van der Waals surface area contributed by atoms with E-state index in [1.165, 1.54) is 49.7 Å². The second-order valence-electron chi connectivity index (χ2n) is 9.88. The predicted octanol–water partition coefficient (Wildman–Crippen LogP) is 4.30. The van der Waals surface area contributed by atoms with Crippen LogP contribution in [0, 0.1) is 0 Å². The first-order valence-corrected chi connectivity index (χ1v) is 12.5. The highest BCUT2D eigenvalue weighted by Crippen LogP contribution is 2.37. The lowest BCUT2D eigenvalue weighted by Crippen LogP contribution is -2.34. The fraction of sp³-hybridized carbons (Fsp3) is 0.462. The molecule has 2 saturated carbocycles. The lowest BCUT2D eigenvalue weighted by atomic mass is 9.81. The van der Waals surface area contributed by atoms with E-state index < -0.39 is 0 Å². The zero-order valence-electron chi connectivity index (χ0n) is 19.4. The van der Waals surface area contributed by atoms with Gasteiger partial charge in [0.2, 0.25) is 0 Å². The van der Waals surface area contributed by atoms with Crippen molar-refractivity contribution in [3.63, 3.8) is 0 Å². The lowest BCUT2D eigenvalue weighted by molar-refractivity contribution is 0.340. The van der Waals surface area contributed by atoms with E-state index in [0.29, 0.717) is 29.5 Å². The number of nitrogens with zero attached hydrogens (tertiary/aromatic N) is 5. The van der Waals surface area contributed by atoms with E-state index in [-0.39, 0.29) is 5.92 Å². The normalized spacial score (nSPS) is 21.6. The molecule has 2 fully saturated rings. The van der Waals surface area contributed by atoms with Crippen molar-refractivity contribution in [2.24, 2.45) is 0 Å². The van der Waals surface area contributed by atoms with Crippen molar-refractivity contribution in [2.75, 3.05) is 12.3 Å². The second-order valence-corrected chi connectivity index (χ2v) is 9.88. The summed E-state index contributed by atoms with van der Waals surface area (Å²) < 4.78 is 2.12. The Balaban J connectivity index is 1.15. The van der Waals surface area contributed by atoms with E-state index in [9.17, 15) is 0 Å². The van der Waals surface area contributed by atoms with Crippen molar-refractivity contribution >= 4 is 17.0 Å². The van der Waals surface area contributed by atoms with Gasteiger partial charge in [-0.2, -0.15) is 5.10 Å². The van der Waals surface area contributed by atoms with Gasteiger partial charge in [0.15, 0.2) is 5.65 Å². The van der Waals surface area contributed by atoms with Gasteiger partial charge in [0.1, 0.15) is 11.3 Å². The Labute approximate surface area is 199 Å². The van der Waals surface area contributed by atoms with Gasteiger partial charge in [0.05, 0.1) is 12.2 Å². The Kier molecular flexibility index (Phi) is 5.74. The van der Waals surface area contributed by atoms with Crippen LogP contribution in [-0.2, 0) is 0 Å². The standard InChI is InChI=1S/C26H32N8/c27-24-14-23(25-26(30-24)32-33-31-25)22(19-15-29-34(16-19)21-10-11-21)12-13-28-20-8-6-18(7-9-20)17-4-2-1-3-5-17/h1-5,14-16,18,20-22,28H,6-13H2,(H3,27,30,31,32,33)/t18-,20-,22?. The molecule has 176 valence electrons. The minimum Gasteiger partial charge on any atom is -0.384 e. The van der Waals surface area contributed by atoms with Crippen LogP contribution in [0.1, 0.15) is 79.5 Å². The van der Waals surface area contributed by atoms with Gasteiger partial charge in [-0.25, -0.2) is 10.1 Å². The zero-order valence-corrected chi connectivity index (χ0v) is 19.4. The smallest absolute Gasteiger partial charge is 0.178 e. The molecule has 0 saturated heterocycles. The number of rotatable bonds is 8. The first kappa shape index (κ1) is 21.3. The van der Waals surface area contributed by atoms with Crippen molar-refractivity contribution in [3.05, 3.63) is 65.5 Å². The molecule has 2 aliphatic carbocycles. The summed E-state index contributed by atoms with van der Waals surface area (Å²) in [7, 11) is 0. The molecule has 4 aromatic rings. The molecule has 0 aliphatic heterocycles. The summed E-state index contributed by atoms with van der Waals surface area (Å²) in [5.74, 6) is 1.32. The van der Waals surface area contributed by atoms with Crippen LogP contribution in [0.3, 0.4) is 0 Å². The van der Waals surface area contributed by atoms with Crippen molar-refractivity contribution in [1.29, 1.82) is 0 Å². The van der Waals surface area contributed by atoms with E-state index >= 15 is 0 Å². The van der Waals surface area contributed by atoms with Crippen LogP contribution in [0.15, 0.2) is 48.8 Å². The van der Waals surface area contributed by atoms with Gasteiger partial charge in [0, 0.05) is 18.2 Å². The Morgan fingerprint density at radius 2 is 1.91 bits per heavy atom. The fourth-order valence-corrected chi connectivity index (χ4v) is 5.51. The molecule has 3 heterocycles. The third-order valence-electron chi connectivity index (χ3n) is 7.53. The summed E-state index contributed by atoms with van der Waals surface area (Å²) in [5, 5.41) is 19.7. The Morgan fingerprint density at radius 3 is 2.71 bits per heavy atom. The molecule has 4 N–H and O–H groups in total. The predicted molar refractivity (Wildman–Crippen MR) is 132 cm³/mol. The number of nitrogens with one attached hydrogen (secondary N) is 2. The van der Waals surface area contributed by atoms with Crippen molar-refractivity contribution < 1.29 is 0 Å². The summed E-state index contributed by atoms with van der Waals surface area (Å²) in [6.07, 6.45) is 12.5. The van der Waals surface area contributed by atoms with Crippen LogP contribution in [0.25, 0.3) is 11.2 Å². The Hall–Kier alpha value is -3.26. The van der Waals surface area contributed by atoms with Crippen molar-refractivity contribution in [3.8, 4) is 0 Å². The third-order valence-corrected chi connectivity index (χ3v) is 7.53. The van der Waals surface area contributed by atoms with Crippen molar-refractivity contribution in [2.45, 2.75) is 68.9 Å². The summed E-state index contributed by atoms with van der Waals surface area (Å²) in [6.45, 7) is 0.932. The van der Waals surface area contributed by atoms with Gasteiger partial charge in [-0.15, -0.1) is 5.10 Å². The monoisotopic (exact) mass is 456 g/mol. The summed E-state index contributed by atoms with van der Waals surface area (Å²) in [6, 6.07) is 14.0. The molecule has 3 aromatic heterocycles. The van der Waals surface area contributed by atoms with Crippen LogP contribution in [-0.4, -0.2) is 42.8 Å². The molecule has 0 spiro atoms. The van der Waals surface area contributed by atoms with Crippen LogP contribution in [0.2, 0.25) is 0 Å². The zero-order chi connectivity index (χ0) is 22.9. The first-order chi connectivity index (χ1) is 16.7. The number of pyridine rings is 1. The number of nitrogens with two attached hydrogens (primary N) is 1. The number of hydrogen-bond donors (Lipinski definition) is 3. The van der Waals surface area contributed by atoms with Gasteiger partial charge in [-0.05, 0) is 80.2 Å². The summed E-state index contributed by atoms with van der Waals surface area (Å²) >= 11 is 0. The molecule has 0 radical (unpaired) electrons. The van der Waals surface area contributed by atoms with Crippen molar-refractivity contribution in [1.82, 2.24) is 35.5 Å². The van der Waals surface area contributed by atoms with Crippen LogP contribution in [0.5, 0.6) is 0 Å². The Bertz CT molecular complexity index is 1230. The number of fused-ring (bicyclic) bond motifs is 1. The molecule has 6 rings (SSSR count). The van der Waals surface area contributed by atoms with Gasteiger partial charge in [-0.1, -0.05) is 35.5 Å². The van der Waals surface area contributed by atoms with Crippen LogP contribution in [0.4, 0.5) is 5.82 Å². The number of benzene rings is 1. The average Bonchev–Trinajstić information content (AvgIpc) is 3.41. The molecule has 0 amide bonds. The van der Waals surface area contributed by atoms with Gasteiger partial charge in [0.25, 0.3) is 0 Å². The number of aromatic amines is 1. The molecule has 2 aliphatic rings. The van der Waals surface area contributed by atoms with Crippen LogP contribution < -0.4 is 11.1 Å². The van der Waals surface area contributed by atoms with E-state index in [4.69, 9.17) is 5.73 Å². The largest absolute Gasteiger partial charge is 0.384 e.